The van der Waals surface area contributed by atoms with Crippen LogP contribution in [0.5, 0.6) is 0 Å². The van der Waals surface area contributed by atoms with Gasteiger partial charge in [0.05, 0.1) is 17.6 Å². The van der Waals surface area contributed by atoms with Gasteiger partial charge in [-0.1, -0.05) is 30.3 Å². The van der Waals surface area contributed by atoms with E-state index in [1.54, 1.807) is 0 Å². The highest BCUT2D eigenvalue weighted by Gasteiger charge is 2.51. The topological polar surface area (TPSA) is 48.5 Å². The Balaban J connectivity index is 1.55. The van der Waals surface area contributed by atoms with Gasteiger partial charge >= 0.3 is 12.2 Å². The van der Waals surface area contributed by atoms with Crippen molar-refractivity contribution in [3.63, 3.8) is 0 Å². The van der Waals surface area contributed by atoms with Crippen LogP contribution in [0.25, 0.3) is 0 Å². The van der Waals surface area contributed by atoms with E-state index in [-0.39, 0.29) is 17.9 Å². The fraction of sp³-hybridized carbons (Fsp3) is 0.455. The number of nitrogens with zero attached hydrogens (tertiary/aromatic N) is 3. The summed E-state index contributed by atoms with van der Waals surface area (Å²) in [7, 11) is 4.07. The van der Waals surface area contributed by atoms with Crippen molar-refractivity contribution in [1.29, 1.82) is 0 Å². The molecule has 0 atom stereocenters. The number of anilines is 1. The number of aromatic nitrogens is 1. The summed E-state index contributed by atoms with van der Waals surface area (Å²) in [5, 5.41) is 2.96. The van der Waals surface area contributed by atoms with Gasteiger partial charge in [-0.05, 0) is 51.4 Å². The molecule has 31 heavy (non-hydrogen) atoms. The maximum atomic E-state index is 14.4. The van der Waals surface area contributed by atoms with E-state index in [2.05, 4.69) is 27.3 Å². The molecule has 1 saturated carbocycles. The highest BCUT2D eigenvalue weighted by atomic mass is 19.4. The zero-order valence-electron chi connectivity index (χ0n) is 17.3. The molecular weight excluding hydrogens is 412 g/mol. The van der Waals surface area contributed by atoms with E-state index >= 15 is 0 Å². The number of carbonyl (C=O) groups excluding carboxylic acids is 1. The minimum absolute atomic E-state index is 0.166. The third-order valence-electron chi connectivity index (χ3n) is 6.68. The number of hydrogen-bond donors (Lipinski definition) is 1. The molecule has 0 radical (unpaired) electrons. The first-order valence-electron chi connectivity index (χ1n) is 10.1. The molecule has 2 aromatic rings. The highest BCUT2D eigenvalue weighted by Crippen LogP contribution is 2.46. The summed E-state index contributed by atoms with van der Waals surface area (Å²) >= 11 is 0. The van der Waals surface area contributed by atoms with Crippen molar-refractivity contribution >= 4 is 11.8 Å². The molecule has 0 unspecified atom stereocenters. The summed E-state index contributed by atoms with van der Waals surface area (Å²) < 4.78 is 52.9. The third-order valence-corrected chi connectivity index (χ3v) is 6.68. The summed E-state index contributed by atoms with van der Waals surface area (Å²) in [6.07, 6.45) is -1.27. The van der Waals surface area contributed by atoms with Gasteiger partial charge in [0.25, 0.3) is 0 Å². The Labute approximate surface area is 178 Å². The maximum Gasteiger partial charge on any atom is 0.417 e. The van der Waals surface area contributed by atoms with Gasteiger partial charge in [-0.25, -0.2) is 14.2 Å². The largest absolute Gasteiger partial charge is 0.417 e. The molecule has 2 heterocycles. The monoisotopic (exact) mass is 436 g/mol. The number of halogens is 4. The SMILES string of the molecule is CN(C)[C@]1(c2ccccc2)CC[C@@]2(CC1)CN(c1ncc(C(F)(F)F)cc1F)C(=O)N2. The summed E-state index contributed by atoms with van der Waals surface area (Å²) in [5.74, 6) is -1.54. The van der Waals surface area contributed by atoms with Crippen molar-refractivity contribution in [2.45, 2.75) is 42.9 Å². The fourth-order valence-corrected chi connectivity index (χ4v) is 4.83. The van der Waals surface area contributed by atoms with Crippen LogP contribution >= 0.6 is 0 Å². The zero-order chi connectivity index (χ0) is 22.4. The van der Waals surface area contributed by atoms with Crippen molar-refractivity contribution in [3.05, 3.63) is 59.5 Å². The molecule has 1 aromatic heterocycles. The zero-order valence-corrected chi connectivity index (χ0v) is 17.3. The quantitative estimate of drug-likeness (QED) is 0.719. The lowest BCUT2D eigenvalue weighted by Gasteiger charge is -2.48. The van der Waals surface area contributed by atoms with Crippen molar-refractivity contribution in [2.75, 3.05) is 25.5 Å². The average Bonchev–Trinajstić information content (AvgIpc) is 3.04. The van der Waals surface area contributed by atoms with Gasteiger partial charge in [0.15, 0.2) is 11.6 Å². The molecule has 4 rings (SSSR count). The van der Waals surface area contributed by atoms with E-state index in [4.69, 9.17) is 0 Å². The molecule has 1 aliphatic heterocycles. The lowest BCUT2D eigenvalue weighted by atomic mass is 9.69. The number of amides is 2. The highest BCUT2D eigenvalue weighted by molar-refractivity contribution is 5.94. The first kappa shape index (κ1) is 21.5. The maximum absolute atomic E-state index is 14.4. The second kappa shape index (κ2) is 7.47. The van der Waals surface area contributed by atoms with Gasteiger partial charge in [0.1, 0.15) is 0 Å². The minimum atomic E-state index is -4.70. The Morgan fingerprint density at radius 1 is 1.10 bits per heavy atom. The predicted octanol–water partition coefficient (Wildman–Crippen LogP) is 4.54. The Kier molecular flexibility index (Phi) is 5.20. The summed E-state index contributed by atoms with van der Waals surface area (Å²) in [6.45, 7) is 0.166. The van der Waals surface area contributed by atoms with Crippen LogP contribution in [0.1, 0.15) is 36.8 Å². The van der Waals surface area contributed by atoms with Crippen LogP contribution in [-0.4, -0.2) is 42.1 Å². The average molecular weight is 436 g/mol. The van der Waals surface area contributed by atoms with Crippen LogP contribution in [-0.2, 0) is 11.7 Å². The van der Waals surface area contributed by atoms with E-state index in [0.717, 1.165) is 17.7 Å². The third kappa shape index (κ3) is 3.75. The van der Waals surface area contributed by atoms with Crippen LogP contribution in [0.15, 0.2) is 42.6 Å². The van der Waals surface area contributed by atoms with Crippen LogP contribution in [0, 0.1) is 5.82 Å². The molecule has 166 valence electrons. The standard InChI is InChI=1S/C22H24F4N4O/c1-29(2)21(15-6-4-3-5-7-15)10-8-20(9-11-21)14-30(19(31)28-20)18-17(23)12-16(13-27-18)22(24,25)26/h3-7,12-13H,8-11,14H2,1-2H3,(H,28,31)/t20-,21-. The number of carbonyl (C=O) groups is 1. The number of rotatable bonds is 3. The van der Waals surface area contributed by atoms with Crippen molar-refractivity contribution in [2.24, 2.45) is 0 Å². The molecule has 2 aliphatic rings. The van der Waals surface area contributed by atoms with E-state index < -0.39 is 29.1 Å². The molecule has 2 amide bonds. The molecule has 5 nitrogen and oxygen atoms in total. The fourth-order valence-electron chi connectivity index (χ4n) is 4.83. The Bertz CT molecular complexity index is 969. The Morgan fingerprint density at radius 3 is 2.29 bits per heavy atom. The molecule has 1 saturated heterocycles. The van der Waals surface area contributed by atoms with Gasteiger partial charge in [0, 0.05) is 11.7 Å². The molecule has 1 aliphatic carbocycles. The summed E-state index contributed by atoms with van der Waals surface area (Å²) in [4.78, 5) is 19.6. The van der Waals surface area contributed by atoms with E-state index in [1.165, 1.54) is 5.56 Å². The normalized spacial score (nSPS) is 26.5. The first-order chi connectivity index (χ1) is 14.6. The van der Waals surface area contributed by atoms with Gasteiger partial charge in [-0.2, -0.15) is 13.2 Å². The first-order valence-corrected chi connectivity index (χ1v) is 10.1. The molecule has 9 heteroatoms. The summed E-state index contributed by atoms with van der Waals surface area (Å²) in [6, 6.07) is 10.0. The van der Waals surface area contributed by atoms with Gasteiger partial charge in [-0.3, -0.25) is 9.80 Å². The van der Waals surface area contributed by atoms with E-state index in [0.29, 0.717) is 25.1 Å². The minimum Gasteiger partial charge on any atom is -0.330 e. The lowest BCUT2D eigenvalue weighted by Crippen LogP contribution is -2.54. The van der Waals surface area contributed by atoms with E-state index in [1.807, 2.05) is 32.3 Å². The number of nitrogens with one attached hydrogen (secondary N) is 1. The van der Waals surface area contributed by atoms with Crippen molar-refractivity contribution < 1.29 is 22.4 Å². The van der Waals surface area contributed by atoms with Crippen molar-refractivity contribution in [1.82, 2.24) is 15.2 Å². The molecular formula is C22H24F4N4O. The summed E-state index contributed by atoms with van der Waals surface area (Å²) in [5.41, 5.74) is -0.726. The van der Waals surface area contributed by atoms with Gasteiger partial charge in [0.2, 0.25) is 0 Å². The van der Waals surface area contributed by atoms with Gasteiger partial charge < -0.3 is 5.32 Å². The lowest BCUT2D eigenvalue weighted by molar-refractivity contribution is -0.138. The van der Waals surface area contributed by atoms with Crippen LogP contribution < -0.4 is 10.2 Å². The molecule has 2 fully saturated rings. The number of hydrogen-bond acceptors (Lipinski definition) is 3. The van der Waals surface area contributed by atoms with Crippen LogP contribution in [0.4, 0.5) is 28.2 Å². The second-order valence-corrected chi connectivity index (χ2v) is 8.62. The molecule has 0 bridgehead atoms. The van der Waals surface area contributed by atoms with Crippen LogP contribution in [0.2, 0.25) is 0 Å². The Hall–Kier alpha value is -2.68. The number of pyridine rings is 1. The smallest absolute Gasteiger partial charge is 0.330 e. The number of alkyl halides is 3. The molecule has 1 spiro atoms. The Morgan fingerprint density at radius 2 is 1.74 bits per heavy atom. The van der Waals surface area contributed by atoms with Crippen molar-refractivity contribution in [3.8, 4) is 0 Å². The number of urea groups is 1. The molecule has 1 N–H and O–H groups in total. The van der Waals surface area contributed by atoms with Crippen LogP contribution in [0.3, 0.4) is 0 Å². The van der Waals surface area contributed by atoms with Gasteiger partial charge in [-0.15, -0.1) is 0 Å². The molecule has 1 aromatic carbocycles. The van der Waals surface area contributed by atoms with E-state index in [9.17, 15) is 22.4 Å². The predicted molar refractivity (Wildman–Crippen MR) is 108 cm³/mol. The second-order valence-electron chi connectivity index (χ2n) is 8.62. The number of benzene rings is 1.